The third-order valence-electron chi connectivity index (χ3n) is 12.6. The van der Waals surface area contributed by atoms with Gasteiger partial charge in [0.2, 0.25) is 0 Å². The Morgan fingerprint density at radius 3 is 2.62 bits per heavy atom. The lowest BCUT2D eigenvalue weighted by Gasteiger charge is -2.59. The third-order valence-corrected chi connectivity index (χ3v) is 12.6. The predicted octanol–water partition coefficient (Wildman–Crippen LogP) is 6.88. The topological polar surface area (TPSA) is 71.5 Å². The van der Waals surface area contributed by atoms with Gasteiger partial charge in [0, 0.05) is 18.4 Å². The lowest BCUT2D eigenvalue weighted by atomic mass is 9.44. The van der Waals surface area contributed by atoms with Crippen molar-refractivity contribution >= 4 is 5.97 Å². The summed E-state index contributed by atoms with van der Waals surface area (Å²) >= 11 is 0. The highest BCUT2D eigenvalue weighted by atomic mass is 16.6. The van der Waals surface area contributed by atoms with Crippen LogP contribution in [0.2, 0.25) is 0 Å². The van der Waals surface area contributed by atoms with Gasteiger partial charge in [-0.05, 0) is 92.8 Å². The highest BCUT2D eigenvalue weighted by Gasteiger charge is 2.76. The van der Waals surface area contributed by atoms with Gasteiger partial charge in [0.05, 0.1) is 25.4 Å². The van der Waals surface area contributed by atoms with Gasteiger partial charge in [-0.2, -0.15) is 5.06 Å². The molecule has 5 unspecified atom stereocenters. The number of carbonyl (C=O) groups excluding carboxylic acids is 1. The van der Waals surface area contributed by atoms with E-state index in [1.807, 2.05) is 0 Å². The molecule has 1 spiro atoms. The number of hydrogen-bond acceptors (Lipinski definition) is 6. The molecule has 1 N–H and O–H groups in total. The van der Waals surface area contributed by atoms with E-state index in [2.05, 4.69) is 34.6 Å². The molecule has 6 heteroatoms. The van der Waals surface area contributed by atoms with Crippen LogP contribution in [-0.2, 0) is 19.0 Å². The molecule has 4 aliphatic carbocycles. The summed E-state index contributed by atoms with van der Waals surface area (Å²) in [5, 5.41) is 11.0. The molecule has 0 amide bonds. The molecule has 39 heavy (non-hydrogen) atoms. The number of fused-ring (bicyclic) bond motifs is 4. The van der Waals surface area contributed by atoms with E-state index in [1.165, 1.54) is 57.8 Å². The minimum Gasteiger partial charge on any atom is -0.465 e. The SMILES string of the molecule is CCOC(=O)CN(O)CCO[C@H]1CC[C@]2(C)C3CC[C@@]4(C)C(CC[C@@H]4[C@H](C)CCCC(C)C)C3CC3OC32C1. The first-order valence-corrected chi connectivity index (χ1v) is 16.4. The van der Waals surface area contributed by atoms with Crippen molar-refractivity contribution in [3.05, 3.63) is 0 Å². The van der Waals surface area contributed by atoms with E-state index in [-0.39, 0.29) is 23.7 Å². The number of epoxide rings is 1. The molecule has 1 heterocycles. The summed E-state index contributed by atoms with van der Waals surface area (Å²) < 4.78 is 17.9. The number of hydroxylamine groups is 2. The van der Waals surface area contributed by atoms with Crippen LogP contribution < -0.4 is 0 Å². The highest BCUT2D eigenvalue weighted by molar-refractivity contribution is 5.71. The first-order valence-electron chi connectivity index (χ1n) is 16.4. The maximum atomic E-state index is 11.6. The Morgan fingerprint density at radius 1 is 1.08 bits per heavy atom. The molecule has 6 nitrogen and oxygen atoms in total. The Morgan fingerprint density at radius 2 is 1.87 bits per heavy atom. The van der Waals surface area contributed by atoms with Crippen molar-refractivity contribution in [1.82, 2.24) is 5.06 Å². The van der Waals surface area contributed by atoms with Gasteiger partial charge in [0.1, 0.15) is 12.1 Å². The Kier molecular flexibility index (Phi) is 8.81. The van der Waals surface area contributed by atoms with E-state index < -0.39 is 5.97 Å². The lowest BCUT2D eigenvalue weighted by Crippen LogP contribution is -2.59. The highest BCUT2D eigenvalue weighted by Crippen LogP contribution is 2.74. The van der Waals surface area contributed by atoms with Gasteiger partial charge in [0.15, 0.2) is 0 Å². The van der Waals surface area contributed by atoms with Crippen LogP contribution in [0.1, 0.15) is 112 Å². The van der Waals surface area contributed by atoms with Crippen LogP contribution in [0.5, 0.6) is 0 Å². The zero-order valence-corrected chi connectivity index (χ0v) is 25.8. The molecular formula is C33H57NO5. The number of esters is 1. The first kappa shape index (κ1) is 29.8. The Labute approximate surface area is 237 Å². The van der Waals surface area contributed by atoms with Crippen LogP contribution in [0, 0.1) is 46.3 Å². The zero-order chi connectivity index (χ0) is 28.0. The number of carbonyl (C=O) groups is 1. The van der Waals surface area contributed by atoms with Gasteiger partial charge < -0.3 is 19.4 Å². The van der Waals surface area contributed by atoms with E-state index >= 15 is 0 Å². The fraction of sp³-hybridized carbons (Fsp3) is 0.970. The van der Waals surface area contributed by atoms with Gasteiger partial charge in [-0.1, -0.05) is 53.9 Å². The second kappa shape index (κ2) is 11.5. The first-order chi connectivity index (χ1) is 18.5. The molecule has 224 valence electrons. The summed E-state index contributed by atoms with van der Waals surface area (Å²) in [5.41, 5.74) is 0.774. The zero-order valence-electron chi connectivity index (χ0n) is 25.8. The second-order valence-electron chi connectivity index (χ2n) is 15.0. The number of ether oxygens (including phenoxy) is 3. The Balaban J connectivity index is 1.17. The largest absolute Gasteiger partial charge is 0.465 e. The minimum atomic E-state index is -0.406. The molecule has 10 atom stereocenters. The van der Waals surface area contributed by atoms with Crippen molar-refractivity contribution in [1.29, 1.82) is 0 Å². The Hall–Kier alpha value is -0.690. The molecule has 1 aliphatic heterocycles. The van der Waals surface area contributed by atoms with Gasteiger partial charge in [-0.15, -0.1) is 0 Å². The summed E-state index contributed by atoms with van der Waals surface area (Å²) in [7, 11) is 0. The van der Waals surface area contributed by atoms with Crippen molar-refractivity contribution < 1.29 is 24.2 Å². The minimum absolute atomic E-state index is 0.00317. The summed E-state index contributed by atoms with van der Waals surface area (Å²) in [6.07, 6.45) is 14.9. The second-order valence-corrected chi connectivity index (χ2v) is 15.0. The molecule has 0 aromatic carbocycles. The average molecular weight is 548 g/mol. The van der Waals surface area contributed by atoms with Gasteiger partial charge in [-0.25, -0.2) is 0 Å². The summed E-state index contributed by atoms with van der Waals surface area (Å²) in [6.45, 7) is 15.2. The fourth-order valence-corrected chi connectivity index (χ4v) is 10.6. The number of rotatable bonds is 12. The van der Waals surface area contributed by atoms with Crippen LogP contribution >= 0.6 is 0 Å². The number of nitrogens with zero attached hydrogens (tertiary/aromatic N) is 1. The van der Waals surface area contributed by atoms with E-state index in [1.54, 1.807) is 6.92 Å². The maximum Gasteiger partial charge on any atom is 0.322 e. The van der Waals surface area contributed by atoms with E-state index in [0.29, 0.717) is 31.3 Å². The van der Waals surface area contributed by atoms with E-state index in [9.17, 15) is 10.0 Å². The van der Waals surface area contributed by atoms with Crippen molar-refractivity contribution in [2.24, 2.45) is 46.3 Å². The normalized spacial score (nSPS) is 43.4. The molecule has 0 aromatic rings. The molecule has 5 rings (SSSR count). The van der Waals surface area contributed by atoms with Crippen LogP contribution in [0.15, 0.2) is 0 Å². The molecule has 0 bridgehead atoms. The molecule has 0 radical (unpaired) electrons. The molecule has 4 saturated carbocycles. The van der Waals surface area contributed by atoms with Crippen molar-refractivity contribution in [2.75, 3.05) is 26.3 Å². The molecule has 0 aromatic heterocycles. The van der Waals surface area contributed by atoms with E-state index in [0.717, 1.165) is 53.4 Å². The standard InChI is InChI=1S/C33H57NO5/c1-7-37-30(35)21-34(36)17-18-38-24-13-16-32(6)28-14-15-31(5)26(23(4)10-8-9-22(2)3)11-12-27(31)25(28)19-29-33(32,20-24)39-29/h22-29,36H,7-21H2,1-6H3/t23-,24+,25?,26-,27?,28?,29?,31-,32-,33?/m1/s1. The van der Waals surface area contributed by atoms with Crippen molar-refractivity contribution in [3.8, 4) is 0 Å². The molecule has 1 saturated heterocycles. The van der Waals surface area contributed by atoms with Crippen LogP contribution in [0.3, 0.4) is 0 Å². The lowest BCUT2D eigenvalue weighted by molar-refractivity contribution is -0.163. The average Bonchev–Trinajstić information content (AvgIpc) is 3.44. The summed E-state index contributed by atoms with van der Waals surface area (Å²) in [6, 6.07) is 0. The Bertz CT molecular complexity index is 865. The van der Waals surface area contributed by atoms with Gasteiger partial charge in [-0.3, -0.25) is 4.79 Å². The molecule has 5 aliphatic rings. The molecular weight excluding hydrogens is 490 g/mol. The van der Waals surface area contributed by atoms with Crippen molar-refractivity contribution in [2.45, 2.75) is 130 Å². The quantitative estimate of drug-likeness (QED) is 0.163. The van der Waals surface area contributed by atoms with E-state index in [4.69, 9.17) is 14.2 Å². The van der Waals surface area contributed by atoms with Crippen LogP contribution in [0.25, 0.3) is 0 Å². The van der Waals surface area contributed by atoms with Crippen LogP contribution in [0.4, 0.5) is 0 Å². The predicted molar refractivity (Wildman–Crippen MR) is 152 cm³/mol. The van der Waals surface area contributed by atoms with Crippen LogP contribution in [-0.4, -0.2) is 60.4 Å². The fourth-order valence-electron chi connectivity index (χ4n) is 10.6. The number of hydrogen-bond donors (Lipinski definition) is 1. The maximum absolute atomic E-state index is 11.6. The monoisotopic (exact) mass is 547 g/mol. The smallest absolute Gasteiger partial charge is 0.322 e. The van der Waals surface area contributed by atoms with Gasteiger partial charge in [0.25, 0.3) is 0 Å². The summed E-state index contributed by atoms with van der Waals surface area (Å²) in [5.74, 6) is 4.64. The summed E-state index contributed by atoms with van der Waals surface area (Å²) in [4.78, 5) is 11.6. The van der Waals surface area contributed by atoms with Crippen molar-refractivity contribution in [3.63, 3.8) is 0 Å². The molecule has 5 fully saturated rings. The third kappa shape index (κ3) is 5.46. The van der Waals surface area contributed by atoms with Gasteiger partial charge >= 0.3 is 5.97 Å².